The molecule has 0 aromatic heterocycles. The highest BCUT2D eigenvalue weighted by atomic mass is 16.5. The number of carbonyl (C=O) groups is 2. The van der Waals surface area contributed by atoms with Gasteiger partial charge in [0.15, 0.2) is 0 Å². The molecule has 0 amide bonds. The molecular weight excluding hydrogens is 338 g/mol. The summed E-state index contributed by atoms with van der Waals surface area (Å²) in [6.45, 7) is 2.01. The summed E-state index contributed by atoms with van der Waals surface area (Å²) < 4.78 is 5.30. The second-order valence-electron chi connectivity index (χ2n) is 6.01. The highest BCUT2D eigenvalue weighted by Gasteiger charge is 2.32. The van der Waals surface area contributed by atoms with Gasteiger partial charge in [-0.1, -0.05) is 6.07 Å². The summed E-state index contributed by atoms with van der Waals surface area (Å²) in [5.74, 6) is -1.63. The minimum absolute atomic E-state index is 0.119. The number of azo groups is 1. The van der Waals surface area contributed by atoms with Crippen molar-refractivity contribution in [3.05, 3.63) is 47.2 Å². The first-order chi connectivity index (χ1) is 12.3. The molecule has 0 saturated carbocycles. The molecule has 0 bridgehead atoms. The summed E-state index contributed by atoms with van der Waals surface area (Å²) in [5, 5.41) is 24.3. The zero-order chi connectivity index (χ0) is 19.3. The van der Waals surface area contributed by atoms with Crippen molar-refractivity contribution in [1.29, 1.82) is 0 Å². The van der Waals surface area contributed by atoms with Gasteiger partial charge in [0.25, 0.3) is 0 Å². The smallest absolute Gasteiger partial charge is 0.328 e. The number of hydrogen-bond acceptors (Lipinski definition) is 6. The lowest BCUT2D eigenvalue weighted by atomic mass is 9.96. The van der Waals surface area contributed by atoms with Crippen molar-refractivity contribution in [2.24, 2.45) is 16.0 Å². The Hall–Kier alpha value is -3.00. The predicted octanol–water partition coefficient (Wildman–Crippen LogP) is 2.25. The van der Waals surface area contributed by atoms with Crippen LogP contribution in [0, 0.1) is 0 Å². The molecule has 2 atom stereocenters. The van der Waals surface area contributed by atoms with Crippen molar-refractivity contribution < 1.29 is 24.5 Å². The van der Waals surface area contributed by atoms with Crippen LogP contribution in [0.25, 0.3) is 5.57 Å². The molecule has 0 saturated heterocycles. The zero-order valence-corrected chi connectivity index (χ0v) is 14.5. The summed E-state index contributed by atoms with van der Waals surface area (Å²) >= 11 is 0. The van der Waals surface area contributed by atoms with E-state index in [0.29, 0.717) is 12.2 Å². The first-order valence-electron chi connectivity index (χ1n) is 8.02. The van der Waals surface area contributed by atoms with Crippen LogP contribution in [0.5, 0.6) is 5.75 Å². The van der Waals surface area contributed by atoms with Crippen molar-refractivity contribution in [2.75, 3.05) is 7.11 Å². The molecule has 8 heteroatoms. The highest BCUT2D eigenvalue weighted by Crippen LogP contribution is 2.43. The van der Waals surface area contributed by atoms with Gasteiger partial charge in [0.05, 0.1) is 12.8 Å². The summed E-state index contributed by atoms with van der Waals surface area (Å²) in [6.07, 6.45) is 2.84. The van der Waals surface area contributed by atoms with E-state index < -0.39 is 11.9 Å². The van der Waals surface area contributed by atoms with Crippen molar-refractivity contribution in [1.82, 2.24) is 0 Å². The van der Waals surface area contributed by atoms with Crippen LogP contribution in [0.4, 0.5) is 0 Å². The lowest BCUT2D eigenvalue weighted by molar-refractivity contribution is -0.134. The quantitative estimate of drug-likeness (QED) is 0.690. The third kappa shape index (κ3) is 4.76. The molecule has 26 heavy (non-hydrogen) atoms. The summed E-state index contributed by atoms with van der Waals surface area (Å²) in [6, 6.07) is 6.45. The van der Waals surface area contributed by atoms with Crippen molar-refractivity contribution in [2.45, 2.75) is 31.8 Å². The molecule has 0 radical (unpaired) electrons. The Bertz CT molecular complexity index is 780. The maximum atomic E-state index is 9.55. The van der Waals surface area contributed by atoms with Crippen LogP contribution in [0.3, 0.4) is 0 Å². The fraction of sp³-hybridized carbons (Fsp3) is 0.333. The maximum Gasteiger partial charge on any atom is 0.328 e. The van der Waals surface area contributed by atoms with Crippen LogP contribution in [0.1, 0.15) is 24.5 Å². The molecule has 1 aliphatic heterocycles. The molecule has 3 rings (SSSR count). The number of carboxylic acid groups (broad SMARTS) is 2. The molecule has 0 fully saturated rings. The number of nitrogens with zero attached hydrogens (tertiary/aromatic N) is 2. The molecule has 1 heterocycles. The van der Waals surface area contributed by atoms with E-state index >= 15 is 0 Å². The number of ether oxygens (including phenoxy) is 1. The Balaban J connectivity index is 0.000000260. The Morgan fingerprint density at radius 1 is 1.35 bits per heavy atom. The summed E-state index contributed by atoms with van der Waals surface area (Å²) in [7, 11) is 1.69. The predicted molar refractivity (Wildman–Crippen MR) is 94.9 cm³/mol. The van der Waals surface area contributed by atoms with Gasteiger partial charge >= 0.3 is 11.9 Å². The standard InChI is InChI=1S/C14H17N3O.C4H4O4/c1-8(15)5-12-14-11-7-10(18-2)4-3-9(11)6-13(14)17-16-12;5-3(6)1-2-4(7)8/h3-4,7-8,12H,5-6,15H2,1-2H3;1-2H,(H,5,6)(H,7,8)/t8-,12?;/m1./s1. The monoisotopic (exact) mass is 359 g/mol. The first kappa shape index (κ1) is 19.3. The fourth-order valence-corrected chi connectivity index (χ4v) is 2.84. The number of rotatable bonds is 5. The van der Waals surface area contributed by atoms with Gasteiger partial charge in [-0.15, -0.1) is 0 Å². The van der Waals surface area contributed by atoms with Crippen molar-refractivity contribution in [3.63, 3.8) is 0 Å². The minimum Gasteiger partial charge on any atom is -0.497 e. The Labute approximate surface area is 150 Å². The second kappa shape index (κ2) is 8.39. The Morgan fingerprint density at radius 3 is 2.54 bits per heavy atom. The van der Waals surface area contributed by atoms with Gasteiger partial charge < -0.3 is 20.7 Å². The van der Waals surface area contributed by atoms with Crippen LogP contribution in [-0.2, 0) is 16.0 Å². The lowest BCUT2D eigenvalue weighted by Gasteiger charge is -2.14. The number of aliphatic carboxylic acids is 2. The Morgan fingerprint density at radius 2 is 2.00 bits per heavy atom. The van der Waals surface area contributed by atoms with Crippen LogP contribution >= 0.6 is 0 Å². The zero-order valence-electron chi connectivity index (χ0n) is 14.5. The van der Waals surface area contributed by atoms with Gasteiger partial charge in [0.1, 0.15) is 11.8 Å². The van der Waals surface area contributed by atoms with Gasteiger partial charge in [-0.3, -0.25) is 0 Å². The van der Waals surface area contributed by atoms with Gasteiger partial charge in [0, 0.05) is 30.2 Å². The maximum absolute atomic E-state index is 9.55. The van der Waals surface area contributed by atoms with E-state index in [1.54, 1.807) is 7.11 Å². The van der Waals surface area contributed by atoms with Crippen LogP contribution in [0.2, 0.25) is 0 Å². The third-order valence-corrected chi connectivity index (χ3v) is 3.89. The first-order valence-corrected chi connectivity index (χ1v) is 8.02. The van der Waals surface area contributed by atoms with Gasteiger partial charge in [-0.05, 0) is 36.6 Å². The highest BCUT2D eigenvalue weighted by molar-refractivity contribution is 5.89. The molecule has 2 aliphatic rings. The molecule has 1 aromatic rings. The van der Waals surface area contributed by atoms with Gasteiger partial charge in [-0.2, -0.15) is 10.2 Å². The fourth-order valence-electron chi connectivity index (χ4n) is 2.84. The summed E-state index contributed by atoms with van der Waals surface area (Å²) in [4.78, 5) is 19.1. The van der Waals surface area contributed by atoms with Crippen molar-refractivity contribution in [3.8, 4) is 5.75 Å². The molecular formula is C18H21N3O5. The van der Waals surface area contributed by atoms with Crippen LogP contribution in [-0.4, -0.2) is 41.3 Å². The van der Waals surface area contributed by atoms with Crippen LogP contribution < -0.4 is 10.5 Å². The van der Waals surface area contributed by atoms with E-state index in [9.17, 15) is 9.59 Å². The number of carboxylic acids is 2. The van der Waals surface area contributed by atoms with Crippen molar-refractivity contribution >= 4 is 17.5 Å². The number of fused-ring (bicyclic) bond motifs is 2. The van der Waals surface area contributed by atoms with E-state index in [1.807, 2.05) is 13.0 Å². The number of methoxy groups -OCH3 is 1. The average Bonchev–Trinajstić information content (AvgIpc) is 3.12. The molecule has 1 unspecified atom stereocenters. The third-order valence-electron chi connectivity index (χ3n) is 3.89. The largest absolute Gasteiger partial charge is 0.497 e. The molecule has 0 spiro atoms. The number of allylic oxidation sites excluding steroid dienone is 1. The molecule has 1 aromatic carbocycles. The number of hydrogen-bond donors (Lipinski definition) is 3. The topological polar surface area (TPSA) is 135 Å². The Kier molecular flexibility index (Phi) is 6.24. The lowest BCUT2D eigenvalue weighted by Crippen LogP contribution is -2.21. The number of benzene rings is 1. The van der Waals surface area contributed by atoms with Gasteiger partial charge in [0.2, 0.25) is 0 Å². The molecule has 4 N–H and O–H groups in total. The average molecular weight is 359 g/mol. The SMILES string of the molecule is COc1ccc2c(c1)C1=C(C2)N=NC1C[C@@H](C)N.O=C(O)C=CC(=O)O. The molecule has 8 nitrogen and oxygen atoms in total. The van der Waals surface area contributed by atoms with E-state index in [0.717, 1.165) is 24.3 Å². The summed E-state index contributed by atoms with van der Waals surface area (Å²) in [5.41, 5.74) is 10.8. The van der Waals surface area contributed by atoms with E-state index in [1.165, 1.54) is 16.7 Å². The second-order valence-corrected chi connectivity index (χ2v) is 6.01. The molecule has 138 valence electrons. The van der Waals surface area contributed by atoms with Gasteiger partial charge in [-0.25, -0.2) is 9.59 Å². The minimum atomic E-state index is -1.26. The van der Waals surface area contributed by atoms with E-state index in [2.05, 4.69) is 22.4 Å². The number of nitrogens with two attached hydrogens (primary N) is 1. The molecule has 1 aliphatic carbocycles. The normalized spacial score (nSPS) is 18.2. The van der Waals surface area contributed by atoms with Crippen LogP contribution in [0.15, 0.2) is 46.3 Å². The van der Waals surface area contributed by atoms with E-state index in [4.69, 9.17) is 20.7 Å². The van der Waals surface area contributed by atoms with E-state index in [-0.39, 0.29) is 12.1 Å².